The Labute approximate surface area is 52.1 Å². The highest BCUT2D eigenvalue weighted by molar-refractivity contribution is 5.87. The van der Waals surface area contributed by atoms with Gasteiger partial charge in [-0.2, -0.15) is 0 Å². The van der Waals surface area contributed by atoms with E-state index in [1.54, 1.807) is 0 Å². The van der Waals surface area contributed by atoms with Gasteiger partial charge >= 0.3 is 0 Å². The summed E-state index contributed by atoms with van der Waals surface area (Å²) < 4.78 is 4.64. The molecule has 9 heavy (non-hydrogen) atoms. The highest BCUT2D eigenvalue weighted by atomic mass is 16.5. The Morgan fingerprint density at radius 2 is 1.78 bits per heavy atom. The maximum absolute atomic E-state index is 10.5. The molecule has 52 valence electrons. The molecule has 1 saturated heterocycles. The van der Waals surface area contributed by atoms with Gasteiger partial charge in [-0.25, -0.2) is 0 Å². The zero-order valence-corrected chi connectivity index (χ0v) is 4.78. The molecule has 0 spiro atoms. The number of hydrogen-bond donors (Lipinski definition) is 2. The lowest BCUT2D eigenvalue weighted by Crippen LogP contribution is -2.43. The van der Waals surface area contributed by atoms with E-state index in [-0.39, 0.29) is 13.2 Å². The largest absolute Gasteiger partial charge is 0.383 e. The van der Waals surface area contributed by atoms with Gasteiger partial charge in [-0.15, -0.1) is 0 Å². The third-order valence-corrected chi connectivity index (χ3v) is 1.21. The molecule has 1 fully saturated rings. The van der Waals surface area contributed by atoms with Gasteiger partial charge in [-0.1, -0.05) is 0 Å². The minimum absolute atomic E-state index is 0.00981. The van der Waals surface area contributed by atoms with Crippen LogP contribution in [0, 0.1) is 0 Å². The van der Waals surface area contributed by atoms with Gasteiger partial charge < -0.3 is 14.9 Å². The Morgan fingerprint density at radius 1 is 1.33 bits per heavy atom. The van der Waals surface area contributed by atoms with E-state index in [1.807, 2.05) is 0 Å². The van der Waals surface area contributed by atoms with Crippen molar-refractivity contribution < 1.29 is 19.7 Å². The second kappa shape index (κ2) is 2.43. The number of ether oxygens (including phenoxy) is 1. The van der Waals surface area contributed by atoms with Crippen LogP contribution in [0.15, 0.2) is 0 Å². The van der Waals surface area contributed by atoms with Crippen molar-refractivity contribution >= 4 is 5.78 Å². The summed E-state index contributed by atoms with van der Waals surface area (Å²) in [6.07, 6.45) is -2.26. The molecule has 0 aliphatic carbocycles. The van der Waals surface area contributed by atoms with E-state index < -0.39 is 18.0 Å². The third-order valence-electron chi connectivity index (χ3n) is 1.21. The van der Waals surface area contributed by atoms with Crippen molar-refractivity contribution in [1.82, 2.24) is 0 Å². The molecular weight excluding hydrogens is 124 g/mol. The molecular formula is C5H8O4. The molecule has 1 rings (SSSR count). The Kier molecular flexibility index (Phi) is 1.80. The fourth-order valence-electron chi connectivity index (χ4n) is 0.678. The molecule has 0 bridgehead atoms. The number of rotatable bonds is 0. The maximum Gasteiger partial charge on any atom is 0.194 e. The average Bonchev–Trinajstić information content (AvgIpc) is 1.83. The van der Waals surface area contributed by atoms with Crippen LogP contribution < -0.4 is 0 Å². The lowest BCUT2D eigenvalue weighted by molar-refractivity contribution is -0.151. The number of aliphatic hydroxyl groups excluding tert-OH is 2. The van der Waals surface area contributed by atoms with E-state index in [1.165, 1.54) is 0 Å². The summed E-state index contributed by atoms with van der Waals surface area (Å²) in [5.74, 6) is -0.541. The van der Waals surface area contributed by atoms with E-state index in [0.29, 0.717) is 0 Å². The highest BCUT2D eigenvalue weighted by Gasteiger charge is 2.28. The molecule has 1 aliphatic rings. The molecule has 2 N–H and O–H groups in total. The topological polar surface area (TPSA) is 66.8 Å². The Balaban J connectivity index is 2.52. The van der Waals surface area contributed by atoms with Gasteiger partial charge in [0.1, 0.15) is 12.2 Å². The molecule has 0 aromatic rings. The molecule has 4 heteroatoms. The van der Waals surface area contributed by atoms with Gasteiger partial charge in [0.05, 0.1) is 13.2 Å². The van der Waals surface area contributed by atoms with E-state index in [4.69, 9.17) is 10.2 Å². The van der Waals surface area contributed by atoms with Crippen LogP contribution in [0.1, 0.15) is 0 Å². The summed E-state index contributed by atoms with van der Waals surface area (Å²) in [6, 6.07) is 0. The minimum Gasteiger partial charge on any atom is -0.383 e. The van der Waals surface area contributed by atoms with Crippen LogP contribution in [0.3, 0.4) is 0 Å². The predicted octanol–water partition coefficient (Wildman–Crippen LogP) is -1.69. The lowest BCUT2D eigenvalue weighted by atomic mass is 10.1. The molecule has 0 saturated carbocycles. The van der Waals surface area contributed by atoms with Gasteiger partial charge in [0, 0.05) is 0 Å². The van der Waals surface area contributed by atoms with Crippen molar-refractivity contribution in [2.75, 3.05) is 13.2 Å². The number of aliphatic hydroxyl groups is 2. The smallest absolute Gasteiger partial charge is 0.194 e. The summed E-state index contributed by atoms with van der Waals surface area (Å²) in [5, 5.41) is 17.4. The van der Waals surface area contributed by atoms with E-state index >= 15 is 0 Å². The average molecular weight is 132 g/mol. The van der Waals surface area contributed by atoms with Gasteiger partial charge in [0.15, 0.2) is 5.78 Å². The number of hydrogen-bond acceptors (Lipinski definition) is 4. The van der Waals surface area contributed by atoms with Crippen molar-refractivity contribution in [2.24, 2.45) is 0 Å². The fraction of sp³-hybridized carbons (Fsp3) is 0.800. The van der Waals surface area contributed by atoms with Crippen molar-refractivity contribution in [3.8, 4) is 0 Å². The van der Waals surface area contributed by atoms with E-state index in [0.717, 1.165) is 0 Å². The summed E-state index contributed by atoms with van der Waals surface area (Å²) in [6.45, 7) is 0.0196. The molecule has 0 aromatic carbocycles. The quantitative estimate of drug-likeness (QED) is 0.412. The second-order valence-corrected chi connectivity index (χ2v) is 1.97. The molecule has 0 radical (unpaired) electrons. The van der Waals surface area contributed by atoms with Crippen LogP contribution in [0.4, 0.5) is 0 Å². The Bertz CT molecular complexity index is 110. The summed E-state index contributed by atoms with van der Waals surface area (Å²) in [7, 11) is 0. The molecule has 4 nitrogen and oxygen atoms in total. The van der Waals surface area contributed by atoms with Crippen molar-refractivity contribution in [3.05, 3.63) is 0 Å². The SMILES string of the molecule is O=C1C(O)COCC1O. The monoisotopic (exact) mass is 132 g/mol. The van der Waals surface area contributed by atoms with Crippen molar-refractivity contribution in [2.45, 2.75) is 12.2 Å². The van der Waals surface area contributed by atoms with Crippen LogP contribution >= 0.6 is 0 Å². The standard InChI is InChI=1S/C5H8O4/c6-3-1-9-2-4(7)5(3)8/h3-4,6-7H,1-2H2. The van der Waals surface area contributed by atoms with Crippen molar-refractivity contribution in [1.29, 1.82) is 0 Å². The van der Waals surface area contributed by atoms with Gasteiger partial charge in [0.2, 0.25) is 0 Å². The Morgan fingerprint density at radius 3 is 2.11 bits per heavy atom. The van der Waals surface area contributed by atoms with E-state index in [2.05, 4.69) is 4.74 Å². The first-order valence-corrected chi connectivity index (χ1v) is 2.69. The molecule has 1 aliphatic heterocycles. The van der Waals surface area contributed by atoms with Crippen LogP contribution in [0.2, 0.25) is 0 Å². The zero-order chi connectivity index (χ0) is 6.85. The summed E-state index contributed by atoms with van der Waals surface area (Å²) in [5.41, 5.74) is 0. The molecule has 0 aromatic heterocycles. The second-order valence-electron chi connectivity index (χ2n) is 1.97. The minimum atomic E-state index is -1.13. The van der Waals surface area contributed by atoms with Crippen LogP contribution in [0.25, 0.3) is 0 Å². The zero-order valence-electron chi connectivity index (χ0n) is 4.78. The predicted molar refractivity (Wildman–Crippen MR) is 27.8 cm³/mol. The molecule has 2 unspecified atom stereocenters. The van der Waals surface area contributed by atoms with E-state index in [9.17, 15) is 4.79 Å². The number of ketones is 1. The fourth-order valence-corrected chi connectivity index (χ4v) is 0.678. The summed E-state index contributed by atoms with van der Waals surface area (Å²) in [4.78, 5) is 10.5. The van der Waals surface area contributed by atoms with Gasteiger partial charge in [-0.3, -0.25) is 4.79 Å². The normalized spacial score (nSPS) is 36.9. The number of carbonyl (C=O) groups excluding carboxylic acids is 1. The summed E-state index contributed by atoms with van der Waals surface area (Å²) >= 11 is 0. The Hall–Kier alpha value is -0.450. The van der Waals surface area contributed by atoms with Crippen LogP contribution in [-0.4, -0.2) is 41.4 Å². The molecule has 1 heterocycles. The highest BCUT2D eigenvalue weighted by Crippen LogP contribution is 2.01. The first kappa shape index (κ1) is 6.67. The molecule has 0 amide bonds. The maximum atomic E-state index is 10.5. The number of carbonyl (C=O) groups is 1. The van der Waals surface area contributed by atoms with Gasteiger partial charge in [-0.05, 0) is 0 Å². The first-order valence-electron chi connectivity index (χ1n) is 2.69. The lowest BCUT2D eigenvalue weighted by Gasteiger charge is -2.20. The number of Topliss-reactive ketones (excluding diaryl/α,β-unsaturated/α-hetero) is 1. The van der Waals surface area contributed by atoms with Crippen LogP contribution in [0.5, 0.6) is 0 Å². The van der Waals surface area contributed by atoms with Crippen molar-refractivity contribution in [3.63, 3.8) is 0 Å². The van der Waals surface area contributed by atoms with Gasteiger partial charge in [0.25, 0.3) is 0 Å². The third kappa shape index (κ3) is 1.27. The molecule has 2 atom stereocenters. The van der Waals surface area contributed by atoms with Crippen LogP contribution in [-0.2, 0) is 9.53 Å². The first-order chi connectivity index (χ1) is 4.22.